The first-order chi connectivity index (χ1) is 11.9. The lowest BCUT2D eigenvalue weighted by atomic mass is 10.0. The van der Waals surface area contributed by atoms with Crippen molar-refractivity contribution in [2.75, 3.05) is 20.8 Å². The minimum absolute atomic E-state index is 0.0621. The lowest BCUT2D eigenvalue weighted by Crippen LogP contribution is -2.34. The molecular weight excluding hydrogens is 342 g/mol. The minimum atomic E-state index is -0.185. The summed E-state index contributed by atoms with van der Waals surface area (Å²) in [5.74, 6) is 1.55. The summed E-state index contributed by atoms with van der Waals surface area (Å²) in [4.78, 5) is 11.7. The van der Waals surface area contributed by atoms with Crippen LogP contribution in [-0.2, 0) is 4.79 Å². The number of carbonyl (C=O) groups is 1. The van der Waals surface area contributed by atoms with Gasteiger partial charge in [-0.15, -0.1) is 0 Å². The van der Waals surface area contributed by atoms with Crippen LogP contribution in [0.4, 0.5) is 0 Å². The van der Waals surface area contributed by atoms with Gasteiger partial charge in [-0.05, 0) is 43.7 Å². The lowest BCUT2D eigenvalue weighted by Gasteiger charge is -2.14. The molecule has 0 radical (unpaired) electrons. The monoisotopic (exact) mass is 363 g/mol. The number of halogens is 1. The second-order valence-electron chi connectivity index (χ2n) is 5.73. The van der Waals surface area contributed by atoms with Crippen molar-refractivity contribution in [3.05, 3.63) is 41.4 Å². The molecule has 134 valence electrons. The second kappa shape index (κ2) is 8.62. The molecule has 6 heteroatoms. The molecule has 2 aromatic carbocycles. The summed E-state index contributed by atoms with van der Waals surface area (Å²) < 4.78 is 16.4. The maximum absolute atomic E-state index is 11.7. The van der Waals surface area contributed by atoms with Crippen LogP contribution >= 0.6 is 11.6 Å². The predicted molar refractivity (Wildman–Crippen MR) is 98.8 cm³/mol. The third-order valence-corrected chi connectivity index (χ3v) is 3.62. The highest BCUT2D eigenvalue weighted by Gasteiger charge is 2.13. The van der Waals surface area contributed by atoms with Crippen LogP contribution in [0.2, 0.25) is 5.02 Å². The van der Waals surface area contributed by atoms with Crippen LogP contribution in [0.5, 0.6) is 17.2 Å². The van der Waals surface area contributed by atoms with Crippen LogP contribution < -0.4 is 19.5 Å². The summed E-state index contributed by atoms with van der Waals surface area (Å²) in [6.07, 6.45) is 0. The number of para-hydroxylation sites is 1. The fourth-order valence-corrected chi connectivity index (χ4v) is 2.65. The fraction of sp³-hybridized carbons (Fsp3) is 0.316. The molecule has 0 aliphatic heterocycles. The van der Waals surface area contributed by atoms with E-state index in [4.69, 9.17) is 25.8 Å². The maximum Gasteiger partial charge on any atom is 0.258 e. The number of carbonyl (C=O) groups excluding carboxylic acids is 1. The van der Waals surface area contributed by atoms with Crippen molar-refractivity contribution in [1.82, 2.24) is 5.32 Å². The number of amides is 1. The molecule has 1 N–H and O–H groups in total. The normalized spacial score (nSPS) is 10.5. The highest BCUT2D eigenvalue weighted by Crippen LogP contribution is 2.39. The number of ether oxygens (including phenoxy) is 3. The number of nitrogens with one attached hydrogen (secondary N) is 1. The van der Waals surface area contributed by atoms with Crippen LogP contribution in [0, 0.1) is 0 Å². The SMILES string of the molecule is COc1cccc(-c2cc(Cl)cc(OCC(=O)NC(C)C)c2)c1OC. The van der Waals surface area contributed by atoms with E-state index in [0.29, 0.717) is 22.3 Å². The van der Waals surface area contributed by atoms with E-state index in [1.807, 2.05) is 38.1 Å². The molecule has 0 aliphatic carbocycles. The van der Waals surface area contributed by atoms with Crippen molar-refractivity contribution in [2.24, 2.45) is 0 Å². The Bertz CT molecular complexity index is 746. The molecule has 0 fully saturated rings. The largest absolute Gasteiger partial charge is 0.493 e. The zero-order valence-corrected chi connectivity index (χ0v) is 15.5. The van der Waals surface area contributed by atoms with Crippen LogP contribution in [0.3, 0.4) is 0 Å². The molecule has 0 saturated heterocycles. The molecule has 1 amide bonds. The Morgan fingerprint density at radius 2 is 1.92 bits per heavy atom. The number of hydrogen-bond donors (Lipinski definition) is 1. The molecule has 5 nitrogen and oxygen atoms in total. The highest BCUT2D eigenvalue weighted by atomic mass is 35.5. The maximum atomic E-state index is 11.7. The smallest absolute Gasteiger partial charge is 0.258 e. The van der Waals surface area contributed by atoms with Crippen LogP contribution in [-0.4, -0.2) is 32.8 Å². The highest BCUT2D eigenvalue weighted by molar-refractivity contribution is 6.31. The average Bonchev–Trinajstić information content (AvgIpc) is 2.58. The fourth-order valence-electron chi connectivity index (χ4n) is 2.43. The van der Waals surface area contributed by atoms with Gasteiger partial charge in [0.15, 0.2) is 18.1 Å². The molecule has 0 heterocycles. The van der Waals surface area contributed by atoms with Gasteiger partial charge in [0.2, 0.25) is 0 Å². The Morgan fingerprint density at radius 1 is 1.16 bits per heavy atom. The summed E-state index contributed by atoms with van der Waals surface area (Å²) in [5, 5.41) is 3.28. The number of hydrogen-bond acceptors (Lipinski definition) is 4. The van der Waals surface area contributed by atoms with Crippen molar-refractivity contribution in [1.29, 1.82) is 0 Å². The first kappa shape index (κ1) is 18.9. The topological polar surface area (TPSA) is 56.8 Å². The molecular formula is C19H22ClNO4. The summed E-state index contributed by atoms with van der Waals surface area (Å²) >= 11 is 6.22. The Balaban J connectivity index is 2.29. The van der Waals surface area contributed by atoms with E-state index in [9.17, 15) is 4.79 Å². The lowest BCUT2D eigenvalue weighted by molar-refractivity contribution is -0.123. The van der Waals surface area contributed by atoms with Crippen LogP contribution in [0.25, 0.3) is 11.1 Å². The van der Waals surface area contributed by atoms with Crippen LogP contribution in [0.15, 0.2) is 36.4 Å². The second-order valence-corrected chi connectivity index (χ2v) is 6.16. The summed E-state index contributed by atoms with van der Waals surface area (Å²) in [6.45, 7) is 3.71. The van der Waals surface area contributed by atoms with Crippen molar-refractivity contribution in [2.45, 2.75) is 19.9 Å². The first-order valence-electron chi connectivity index (χ1n) is 7.88. The van der Waals surface area contributed by atoms with Gasteiger partial charge in [0.05, 0.1) is 14.2 Å². The van der Waals surface area contributed by atoms with E-state index in [0.717, 1.165) is 11.1 Å². The molecule has 0 spiro atoms. The van der Waals surface area contributed by atoms with Gasteiger partial charge in [-0.2, -0.15) is 0 Å². The van der Waals surface area contributed by atoms with E-state index in [1.165, 1.54) is 0 Å². The Morgan fingerprint density at radius 3 is 2.56 bits per heavy atom. The molecule has 0 bridgehead atoms. The molecule has 2 aromatic rings. The Hall–Kier alpha value is -2.40. The van der Waals surface area contributed by atoms with Crippen molar-refractivity contribution < 1.29 is 19.0 Å². The third-order valence-electron chi connectivity index (χ3n) is 3.40. The van der Waals surface area contributed by atoms with Gasteiger partial charge >= 0.3 is 0 Å². The molecule has 25 heavy (non-hydrogen) atoms. The number of benzene rings is 2. The van der Waals surface area contributed by atoms with E-state index >= 15 is 0 Å². The number of rotatable bonds is 7. The zero-order valence-electron chi connectivity index (χ0n) is 14.8. The third kappa shape index (κ3) is 5.03. The quantitative estimate of drug-likeness (QED) is 0.809. The average molecular weight is 364 g/mol. The van der Waals surface area contributed by atoms with Crippen molar-refractivity contribution in [3.63, 3.8) is 0 Å². The molecule has 0 aromatic heterocycles. The Kier molecular flexibility index (Phi) is 6.53. The molecule has 0 unspecified atom stereocenters. The van der Waals surface area contributed by atoms with E-state index in [-0.39, 0.29) is 18.6 Å². The van der Waals surface area contributed by atoms with E-state index < -0.39 is 0 Å². The molecule has 0 atom stereocenters. The minimum Gasteiger partial charge on any atom is -0.493 e. The van der Waals surface area contributed by atoms with E-state index in [1.54, 1.807) is 26.4 Å². The van der Waals surface area contributed by atoms with E-state index in [2.05, 4.69) is 5.32 Å². The van der Waals surface area contributed by atoms with Crippen LogP contribution in [0.1, 0.15) is 13.8 Å². The van der Waals surface area contributed by atoms with Gasteiger partial charge in [0.1, 0.15) is 5.75 Å². The van der Waals surface area contributed by atoms with Crippen molar-refractivity contribution >= 4 is 17.5 Å². The van der Waals surface area contributed by atoms with Gasteiger partial charge in [-0.25, -0.2) is 0 Å². The molecule has 0 saturated carbocycles. The predicted octanol–water partition coefficient (Wildman–Crippen LogP) is 3.93. The van der Waals surface area contributed by atoms with Gasteiger partial charge in [-0.1, -0.05) is 23.7 Å². The summed E-state index contributed by atoms with van der Waals surface area (Å²) in [6, 6.07) is 10.9. The molecule has 2 rings (SSSR count). The van der Waals surface area contributed by atoms with Gasteiger partial charge < -0.3 is 19.5 Å². The molecule has 0 aliphatic rings. The number of methoxy groups -OCH3 is 2. The van der Waals surface area contributed by atoms with Gasteiger partial charge in [0.25, 0.3) is 5.91 Å². The first-order valence-corrected chi connectivity index (χ1v) is 8.26. The summed E-state index contributed by atoms with van der Waals surface area (Å²) in [7, 11) is 3.17. The van der Waals surface area contributed by atoms with Crippen molar-refractivity contribution in [3.8, 4) is 28.4 Å². The standard InChI is InChI=1S/C19H22ClNO4/c1-12(2)21-18(22)11-25-15-9-13(8-14(20)10-15)16-6-5-7-17(23-3)19(16)24-4/h5-10,12H,11H2,1-4H3,(H,21,22). The van der Waals surface area contributed by atoms with Gasteiger partial charge in [-0.3, -0.25) is 4.79 Å². The summed E-state index contributed by atoms with van der Waals surface area (Å²) in [5.41, 5.74) is 1.63. The van der Waals surface area contributed by atoms with Gasteiger partial charge in [0, 0.05) is 16.6 Å². The Labute approximate surface area is 152 Å². The zero-order chi connectivity index (χ0) is 18.4.